The SMILES string of the molecule is CCCC1CCN(C(=O)OC(C)(C)C)CC(OC)=N1. The maximum absolute atomic E-state index is 12.1. The van der Waals surface area contributed by atoms with Crippen LogP contribution in [0.15, 0.2) is 4.99 Å². The monoisotopic (exact) mass is 270 g/mol. The normalized spacial score (nSPS) is 20.6. The number of carbonyl (C=O) groups is 1. The number of rotatable bonds is 2. The second-order valence-electron chi connectivity index (χ2n) is 5.86. The zero-order chi connectivity index (χ0) is 14.5. The summed E-state index contributed by atoms with van der Waals surface area (Å²) in [5, 5.41) is 0. The Labute approximate surface area is 116 Å². The van der Waals surface area contributed by atoms with Gasteiger partial charge in [-0.2, -0.15) is 0 Å². The van der Waals surface area contributed by atoms with Crippen molar-refractivity contribution in [2.75, 3.05) is 20.2 Å². The minimum atomic E-state index is -0.476. The summed E-state index contributed by atoms with van der Waals surface area (Å²) in [6.45, 7) is 8.80. The summed E-state index contributed by atoms with van der Waals surface area (Å²) in [7, 11) is 1.60. The molecule has 1 amide bonds. The molecular formula is C14H26N2O3. The van der Waals surface area contributed by atoms with Gasteiger partial charge in [0, 0.05) is 6.54 Å². The van der Waals surface area contributed by atoms with Crippen molar-refractivity contribution in [3.05, 3.63) is 0 Å². The summed E-state index contributed by atoms with van der Waals surface area (Å²) in [5.41, 5.74) is -0.476. The molecule has 0 aliphatic carbocycles. The summed E-state index contributed by atoms with van der Waals surface area (Å²) in [4.78, 5) is 18.3. The van der Waals surface area contributed by atoms with Gasteiger partial charge in [0.25, 0.3) is 0 Å². The first-order valence-corrected chi connectivity index (χ1v) is 6.94. The number of hydrogen-bond acceptors (Lipinski definition) is 4. The Morgan fingerprint density at radius 3 is 2.68 bits per heavy atom. The summed E-state index contributed by atoms with van der Waals surface area (Å²) >= 11 is 0. The maximum Gasteiger partial charge on any atom is 0.410 e. The van der Waals surface area contributed by atoms with Crippen molar-refractivity contribution in [2.24, 2.45) is 4.99 Å². The molecule has 0 saturated carbocycles. The van der Waals surface area contributed by atoms with Gasteiger partial charge in [-0.1, -0.05) is 13.3 Å². The highest BCUT2D eigenvalue weighted by Crippen LogP contribution is 2.16. The van der Waals surface area contributed by atoms with E-state index in [1.54, 1.807) is 12.0 Å². The van der Waals surface area contributed by atoms with Crippen LogP contribution < -0.4 is 0 Å². The molecule has 1 heterocycles. The lowest BCUT2D eigenvalue weighted by Crippen LogP contribution is -2.40. The lowest BCUT2D eigenvalue weighted by Gasteiger charge is -2.26. The van der Waals surface area contributed by atoms with Gasteiger partial charge in [0.05, 0.1) is 19.7 Å². The molecule has 0 aromatic heterocycles. The summed E-state index contributed by atoms with van der Waals surface area (Å²) < 4.78 is 10.7. The van der Waals surface area contributed by atoms with Crippen molar-refractivity contribution in [2.45, 2.75) is 58.6 Å². The lowest BCUT2D eigenvalue weighted by atomic mass is 10.1. The molecule has 0 bridgehead atoms. The minimum absolute atomic E-state index is 0.243. The van der Waals surface area contributed by atoms with Gasteiger partial charge < -0.3 is 9.47 Å². The van der Waals surface area contributed by atoms with Crippen LogP contribution in [0.5, 0.6) is 0 Å². The van der Waals surface area contributed by atoms with Gasteiger partial charge in [-0.05, 0) is 33.6 Å². The van der Waals surface area contributed by atoms with E-state index in [0.717, 1.165) is 19.3 Å². The Bertz CT molecular complexity index is 334. The Morgan fingerprint density at radius 1 is 1.47 bits per heavy atom. The predicted octanol–water partition coefficient (Wildman–Crippen LogP) is 2.84. The average Bonchev–Trinajstić information content (AvgIpc) is 2.50. The molecule has 1 unspecified atom stereocenters. The van der Waals surface area contributed by atoms with E-state index in [0.29, 0.717) is 19.0 Å². The molecule has 110 valence electrons. The number of nitrogens with zero attached hydrogens (tertiary/aromatic N) is 2. The molecule has 5 nitrogen and oxygen atoms in total. The maximum atomic E-state index is 12.1. The molecule has 0 aromatic carbocycles. The van der Waals surface area contributed by atoms with Gasteiger partial charge in [-0.3, -0.25) is 9.89 Å². The molecular weight excluding hydrogens is 244 g/mol. The smallest absolute Gasteiger partial charge is 0.410 e. The van der Waals surface area contributed by atoms with E-state index >= 15 is 0 Å². The highest BCUT2D eigenvalue weighted by Gasteiger charge is 2.26. The molecule has 1 atom stereocenters. The summed E-state index contributed by atoms with van der Waals surface area (Å²) in [5.74, 6) is 0.613. The van der Waals surface area contributed by atoms with E-state index in [4.69, 9.17) is 9.47 Å². The van der Waals surface area contributed by atoms with Gasteiger partial charge in [0.2, 0.25) is 5.90 Å². The number of methoxy groups -OCH3 is 1. The van der Waals surface area contributed by atoms with Crippen molar-refractivity contribution in [1.82, 2.24) is 4.90 Å². The zero-order valence-electron chi connectivity index (χ0n) is 12.7. The number of aliphatic imine (C=N–C) groups is 1. The zero-order valence-corrected chi connectivity index (χ0v) is 12.7. The molecule has 0 spiro atoms. The first kappa shape index (κ1) is 15.8. The van der Waals surface area contributed by atoms with Crippen molar-refractivity contribution >= 4 is 12.0 Å². The van der Waals surface area contributed by atoms with Crippen molar-refractivity contribution in [3.8, 4) is 0 Å². The first-order valence-electron chi connectivity index (χ1n) is 6.94. The van der Waals surface area contributed by atoms with Gasteiger partial charge >= 0.3 is 6.09 Å². The van der Waals surface area contributed by atoms with Crippen LogP contribution in [0.3, 0.4) is 0 Å². The van der Waals surface area contributed by atoms with E-state index in [9.17, 15) is 4.79 Å². The topological polar surface area (TPSA) is 51.1 Å². The fourth-order valence-corrected chi connectivity index (χ4v) is 2.00. The van der Waals surface area contributed by atoms with Crippen LogP contribution in [0.4, 0.5) is 4.79 Å². The van der Waals surface area contributed by atoms with Crippen molar-refractivity contribution in [1.29, 1.82) is 0 Å². The van der Waals surface area contributed by atoms with Crippen LogP contribution in [0.25, 0.3) is 0 Å². The fraction of sp³-hybridized carbons (Fsp3) is 0.857. The molecule has 1 aliphatic rings. The van der Waals surface area contributed by atoms with Crippen LogP contribution in [-0.4, -0.2) is 48.7 Å². The van der Waals surface area contributed by atoms with E-state index in [2.05, 4.69) is 11.9 Å². The molecule has 0 radical (unpaired) electrons. The number of amides is 1. The lowest BCUT2D eigenvalue weighted by molar-refractivity contribution is 0.0272. The highest BCUT2D eigenvalue weighted by atomic mass is 16.6. The molecule has 0 fully saturated rings. The molecule has 0 saturated heterocycles. The largest absolute Gasteiger partial charge is 0.483 e. The molecule has 1 aliphatic heterocycles. The molecule has 5 heteroatoms. The second-order valence-corrected chi connectivity index (χ2v) is 5.86. The molecule has 19 heavy (non-hydrogen) atoms. The second kappa shape index (κ2) is 6.78. The highest BCUT2D eigenvalue weighted by molar-refractivity contribution is 5.82. The van der Waals surface area contributed by atoms with Crippen LogP contribution in [0, 0.1) is 0 Å². The van der Waals surface area contributed by atoms with Gasteiger partial charge in [-0.15, -0.1) is 0 Å². The van der Waals surface area contributed by atoms with Crippen LogP contribution in [0.2, 0.25) is 0 Å². The number of hydrogen-bond donors (Lipinski definition) is 0. The molecule has 0 aromatic rings. The Morgan fingerprint density at radius 2 is 2.16 bits per heavy atom. The fourth-order valence-electron chi connectivity index (χ4n) is 2.00. The Balaban J connectivity index is 2.68. The predicted molar refractivity (Wildman–Crippen MR) is 75.6 cm³/mol. The third kappa shape index (κ3) is 5.49. The standard InChI is InChI=1S/C14H26N2O3/c1-6-7-11-8-9-16(10-12(15-11)18-5)13(17)19-14(2,3)4/h11H,6-10H2,1-5H3. The Hall–Kier alpha value is -1.26. The third-order valence-corrected chi connectivity index (χ3v) is 2.89. The van der Waals surface area contributed by atoms with Crippen LogP contribution in [-0.2, 0) is 9.47 Å². The van der Waals surface area contributed by atoms with Crippen molar-refractivity contribution < 1.29 is 14.3 Å². The minimum Gasteiger partial charge on any atom is -0.483 e. The van der Waals surface area contributed by atoms with Gasteiger partial charge in [0.1, 0.15) is 5.60 Å². The third-order valence-electron chi connectivity index (χ3n) is 2.89. The van der Waals surface area contributed by atoms with E-state index < -0.39 is 5.60 Å². The molecule has 0 N–H and O–H groups in total. The quantitative estimate of drug-likeness (QED) is 0.775. The average molecular weight is 270 g/mol. The summed E-state index contributed by atoms with van der Waals surface area (Å²) in [6.07, 6.45) is 2.67. The van der Waals surface area contributed by atoms with E-state index in [1.807, 2.05) is 20.8 Å². The number of carbonyl (C=O) groups excluding carboxylic acids is 1. The van der Waals surface area contributed by atoms with Crippen LogP contribution >= 0.6 is 0 Å². The molecule has 1 rings (SSSR count). The van der Waals surface area contributed by atoms with Crippen LogP contribution in [0.1, 0.15) is 47.0 Å². The first-order chi connectivity index (χ1) is 8.85. The number of ether oxygens (including phenoxy) is 2. The summed E-state index contributed by atoms with van der Waals surface area (Å²) in [6, 6.07) is 0.243. The van der Waals surface area contributed by atoms with Crippen molar-refractivity contribution in [3.63, 3.8) is 0 Å². The van der Waals surface area contributed by atoms with Gasteiger partial charge in [0.15, 0.2) is 0 Å². The van der Waals surface area contributed by atoms with E-state index in [-0.39, 0.29) is 12.1 Å². The van der Waals surface area contributed by atoms with Gasteiger partial charge in [-0.25, -0.2) is 4.79 Å². The van der Waals surface area contributed by atoms with E-state index in [1.165, 1.54) is 0 Å². The Kier molecular flexibility index (Phi) is 5.63.